The normalized spacial score (nSPS) is 21.0. The van der Waals surface area contributed by atoms with Crippen molar-refractivity contribution in [3.63, 3.8) is 0 Å². The number of hydrogen-bond acceptors (Lipinski definition) is 4. The summed E-state index contributed by atoms with van der Waals surface area (Å²) in [6, 6.07) is 5.31. The van der Waals surface area contributed by atoms with E-state index >= 15 is 0 Å². The first-order valence-electron chi connectivity index (χ1n) is 5.70. The van der Waals surface area contributed by atoms with Crippen LogP contribution < -0.4 is 4.74 Å². The van der Waals surface area contributed by atoms with Gasteiger partial charge in [-0.2, -0.15) is 0 Å². The molecule has 1 unspecified atom stereocenters. The molecule has 1 N–H and O–H groups in total. The highest BCUT2D eigenvalue weighted by atomic mass is 32.2. The summed E-state index contributed by atoms with van der Waals surface area (Å²) in [6.45, 7) is 0. The highest BCUT2D eigenvalue weighted by Gasteiger charge is 2.25. The van der Waals surface area contributed by atoms with Gasteiger partial charge < -0.3 is 14.3 Å². The number of fused-ring (bicyclic) bond motifs is 1. The van der Waals surface area contributed by atoms with Crippen LogP contribution in [0.15, 0.2) is 29.7 Å². The van der Waals surface area contributed by atoms with Gasteiger partial charge in [0.15, 0.2) is 14.6 Å². The van der Waals surface area contributed by atoms with Crippen LogP contribution >= 0.6 is 12.2 Å². The number of benzene rings is 1. The summed E-state index contributed by atoms with van der Waals surface area (Å²) < 4.78 is 30.7. The van der Waals surface area contributed by atoms with Crippen LogP contribution in [0, 0.1) is 4.77 Å². The molecule has 100 valence electrons. The molecule has 5 nitrogen and oxygen atoms in total. The number of nitrogens with zero attached hydrogens (tertiary/aromatic N) is 1. The number of rotatable bonds is 2. The molecule has 0 amide bonds. The number of nitrogens with one attached hydrogen (secondary N) is 1. The maximum Gasteiger partial charge on any atom is 0.178 e. The van der Waals surface area contributed by atoms with Gasteiger partial charge in [0, 0.05) is 5.41 Å². The first-order valence-corrected chi connectivity index (χ1v) is 7.82. The molecule has 0 fully saturated rings. The fourth-order valence-corrected chi connectivity index (χ4v) is 3.95. The first kappa shape index (κ1) is 12.4. The molecule has 1 aliphatic heterocycles. The number of sulfone groups is 1. The van der Waals surface area contributed by atoms with Crippen LogP contribution in [0.2, 0.25) is 0 Å². The van der Waals surface area contributed by atoms with E-state index in [1.807, 2.05) is 22.8 Å². The Bertz CT molecular complexity index is 830. The summed E-state index contributed by atoms with van der Waals surface area (Å²) in [5.41, 5.74) is 1.63. The second-order valence-corrected chi connectivity index (χ2v) is 6.70. The lowest BCUT2D eigenvalue weighted by atomic mass is 10.2. The highest BCUT2D eigenvalue weighted by Crippen LogP contribution is 2.30. The molecule has 0 spiro atoms. The van der Waals surface area contributed by atoms with E-state index < -0.39 is 9.84 Å². The molecule has 0 bridgehead atoms. The van der Waals surface area contributed by atoms with Crippen LogP contribution in [0.4, 0.5) is 0 Å². The first-order chi connectivity index (χ1) is 9.02. The van der Waals surface area contributed by atoms with Crippen molar-refractivity contribution in [1.29, 1.82) is 0 Å². The van der Waals surface area contributed by atoms with Crippen molar-refractivity contribution in [1.82, 2.24) is 9.55 Å². The van der Waals surface area contributed by atoms with Gasteiger partial charge in [-0.25, -0.2) is 8.42 Å². The number of H-pyrrole nitrogens is 1. The Labute approximate surface area is 115 Å². The lowest BCUT2D eigenvalue weighted by Crippen LogP contribution is -2.11. The third-order valence-corrected chi connectivity index (χ3v) is 4.85. The summed E-state index contributed by atoms with van der Waals surface area (Å²) in [4.78, 5) is 3.07. The Hall–Kier alpha value is -1.60. The summed E-state index contributed by atoms with van der Waals surface area (Å²) in [6.07, 6.45) is 1.66. The zero-order chi connectivity index (χ0) is 13.6. The van der Waals surface area contributed by atoms with Crippen molar-refractivity contribution >= 4 is 33.1 Å². The highest BCUT2D eigenvalue weighted by molar-refractivity contribution is 7.94. The van der Waals surface area contributed by atoms with Crippen LogP contribution in [0.1, 0.15) is 6.04 Å². The fourth-order valence-electron chi connectivity index (χ4n) is 2.34. The van der Waals surface area contributed by atoms with Gasteiger partial charge in [-0.1, -0.05) is 6.07 Å². The monoisotopic (exact) mass is 296 g/mol. The van der Waals surface area contributed by atoms with E-state index in [1.54, 1.807) is 13.2 Å². The van der Waals surface area contributed by atoms with Crippen molar-refractivity contribution < 1.29 is 13.2 Å². The Kier molecular flexibility index (Phi) is 2.75. The molecule has 2 aromatic rings. The molecule has 7 heteroatoms. The van der Waals surface area contributed by atoms with E-state index in [-0.39, 0.29) is 11.8 Å². The fraction of sp³-hybridized carbons (Fsp3) is 0.250. The molecular formula is C12H12N2O3S2. The van der Waals surface area contributed by atoms with Gasteiger partial charge in [-0.05, 0) is 30.4 Å². The van der Waals surface area contributed by atoms with Gasteiger partial charge in [-0.15, -0.1) is 0 Å². The lowest BCUT2D eigenvalue weighted by Gasteiger charge is -2.10. The van der Waals surface area contributed by atoms with Crippen LogP contribution in [-0.4, -0.2) is 30.8 Å². The quantitative estimate of drug-likeness (QED) is 0.863. The van der Waals surface area contributed by atoms with Crippen LogP contribution in [0.5, 0.6) is 5.75 Å². The topological polar surface area (TPSA) is 64.1 Å². The van der Waals surface area contributed by atoms with E-state index in [2.05, 4.69) is 4.98 Å². The third-order valence-electron chi connectivity index (χ3n) is 3.18. The number of imidazole rings is 1. The average molecular weight is 296 g/mol. The van der Waals surface area contributed by atoms with Crippen molar-refractivity contribution in [2.75, 3.05) is 12.9 Å². The smallest absolute Gasteiger partial charge is 0.178 e. The van der Waals surface area contributed by atoms with Gasteiger partial charge >= 0.3 is 0 Å². The molecule has 0 aliphatic carbocycles. The molecule has 0 saturated heterocycles. The van der Waals surface area contributed by atoms with E-state index in [1.165, 1.54) is 5.41 Å². The van der Waals surface area contributed by atoms with Gasteiger partial charge in [0.1, 0.15) is 11.3 Å². The molecule has 19 heavy (non-hydrogen) atoms. The lowest BCUT2D eigenvalue weighted by molar-refractivity contribution is 0.419. The Morgan fingerprint density at radius 3 is 2.89 bits per heavy atom. The largest absolute Gasteiger partial charge is 0.494 e. The molecule has 0 radical (unpaired) electrons. The Balaban J connectivity index is 2.23. The number of hydrogen-bond donors (Lipinski definition) is 1. The van der Waals surface area contributed by atoms with E-state index in [9.17, 15) is 8.42 Å². The van der Waals surface area contributed by atoms with E-state index in [0.29, 0.717) is 10.5 Å². The average Bonchev–Trinajstić information content (AvgIpc) is 2.87. The van der Waals surface area contributed by atoms with Crippen molar-refractivity contribution in [3.8, 4) is 5.75 Å². The summed E-state index contributed by atoms with van der Waals surface area (Å²) >= 11 is 5.30. The maximum atomic E-state index is 11.5. The van der Waals surface area contributed by atoms with Crippen LogP contribution in [0.25, 0.3) is 11.0 Å². The van der Waals surface area contributed by atoms with E-state index in [4.69, 9.17) is 17.0 Å². The molecule has 2 heterocycles. The summed E-state index contributed by atoms with van der Waals surface area (Å²) in [5, 5.41) is 1.25. The second kappa shape index (κ2) is 4.21. The van der Waals surface area contributed by atoms with Gasteiger partial charge in [-0.3, -0.25) is 0 Å². The minimum Gasteiger partial charge on any atom is -0.494 e. The van der Waals surface area contributed by atoms with Crippen molar-refractivity contribution in [2.24, 2.45) is 0 Å². The van der Waals surface area contributed by atoms with Crippen molar-refractivity contribution in [2.45, 2.75) is 6.04 Å². The van der Waals surface area contributed by atoms with E-state index in [0.717, 1.165) is 11.0 Å². The van der Waals surface area contributed by atoms with Gasteiger partial charge in [0.25, 0.3) is 0 Å². The zero-order valence-corrected chi connectivity index (χ0v) is 11.8. The molecule has 1 aliphatic rings. The second-order valence-electron chi connectivity index (χ2n) is 4.38. The molecule has 3 rings (SSSR count). The van der Waals surface area contributed by atoms with Gasteiger partial charge in [0.05, 0.1) is 24.4 Å². The SMILES string of the molecule is COc1cccc2c1[nH]c(=S)n2C1C=CS(=O)(=O)C1. The molecule has 1 atom stereocenters. The van der Waals surface area contributed by atoms with Crippen molar-refractivity contribution in [3.05, 3.63) is 34.5 Å². The number of methoxy groups -OCH3 is 1. The molecular weight excluding hydrogens is 284 g/mol. The summed E-state index contributed by atoms with van der Waals surface area (Å²) in [5.74, 6) is 0.734. The third kappa shape index (κ3) is 1.98. The number of allylic oxidation sites excluding steroid dienone is 1. The molecule has 1 aromatic heterocycles. The predicted octanol–water partition coefficient (Wildman–Crippen LogP) is 2.19. The zero-order valence-electron chi connectivity index (χ0n) is 10.2. The molecule has 1 aromatic carbocycles. The predicted molar refractivity (Wildman–Crippen MR) is 75.6 cm³/mol. The van der Waals surface area contributed by atoms with Crippen LogP contribution in [-0.2, 0) is 9.84 Å². The minimum atomic E-state index is -3.12. The summed E-state index contributed by atoms with van der Waals surface area (Å²) in [7, 11) is -1.53. The number of aromatic nitrogens is 2. The Morgan fingerprint density at radius 1 is 1.47 bits per heavy atom. The van der Waals surface area contributed by atoms with Gasteiger partial charge in [0.2, 0.25) is 0 Å². The minimum absolute atomic E-state index is 0.0471. The molecule has 0 saturated carbocycles. The standard InChI is InChI=1S/C12H12N2O3S2/c1-17-10-4-2-3-9-11(10)13-12(18)14(9)8-5-6-19(15,16)7-8/h2-6,8H,7H2,1H3,(H,13,18). The number of para-hydroxylation sites is 1. The van der Waals surface area contributed by atoms with Crippen LogP contribution in [0.3, 0.4) is 0 Å². The number of ether oxygens (including phenoxy) is 1. The number of aromatic amines is 1. The Morgan fingerprint density at radius 2 is 2.26 bits per heavy atom. The maximum absolute atomic E-state index is 11.5.